The summed E-state index contributed by atoms with van der Waals surface area (Å²) in [5, 5.41) is 2.03. The highest BCUT2D eigenvalue weighted by Gasteiger charge is 2.23. The van der Waals surface area contributed by atoms with E-state index >= 15 is 0 Å². The number of para-hydroxylation sites is 2. The standard InChI is InChI=1S/C19H20N2O3S/c1-13-15(20-19(23-13)18-8-5-9-25-18)11-21(2)10-14-12-22-16-6-3-4-7-17(16)24-14/h3-9,14H,10-12H2,1-2H3/t14-/m0/s1. The molecule has 0 radical (unpaired) electrons. The lowest BCUT2D eigenvalue weighted by Crippen LogP contribution is -2.39. The monoisotopic (exact) mass is 356 g/mol. The van der Waals surface area contributed by atoms with Crippen LogP contribution in [0.1, 0.15) is 11.5 Å². The summed E-state index contributed by atoms with van der Waals surface area (Å²) in [6.45, 7) is 3.99. The molecule has 3 aromatic rings. The molecule has 6 heteroatoms. The molecule has 1 atom stereocenters. The predicted molar refractivity (Wildman–Crippen MR) is 97.2 cm³/mol. The number of nitrogens with zero attached hydrogens (tertiary/aromatic N) is 2. The smallest absolute Gasteiger partial charge is 0.236 e. The summed E-state index contributed by atoms with van der Waals surface area (Å²) in [6, 6.07) is 11.8. The number of hydrogen-bond donors (Lipinski definition) is 0. The predicted octanol–water partition coefficient (Wildman–Crippen LogP) is 3.98. The van der Waals surface area contributed by atoms with Gasteiger partial charge in [0.05, 0.1) is 10.6 Å². The molecule has 0 bridgehead atoms. The molecular weight excluding hydrogens is 336 g/mol. The number of thiophene rings is 1. The fourth-order valence-corrected chi connectivity index (χ4v) is 3.55. The lowest BCUT2D eigenvalue weighted by Gasteiger charge is -2.29. The van der Waals surface area contributed by atoms with Gasteiger partial charge in [-0.2, -0.15) is 0 Å². The molecule has 0 aliphatic carbocycles. The van der Waals surface area contributed by atoms with Crippen molar-refractivity contribution in [3.05, 3.63) is 53.2 Å². The van der Waals surface area contributed by atoms with Gasteiger partial charge < -0.3 is 13.9 Å². The van der Waals surface area contributed by atoms with E-state index in [1.807, 2.05) is 48.7 Å². The van der Waals surface area contributed by atoms with Crippen LogP contribution in [0.3, 0.4) is 0 Å². The molecule has 4 rings (SSSR count). The zero-order valence-electron chi connectivity index (χ0n) is 14.3. The Balaban J connectivity index is 1.39. The second-order valence-corrected chi connectivity index (χ2v) is 7.14. The van der Waals surface area contributed by atoms with Gasteiger partial charge in [-0.15, -0.1) is 11.3 Å². The molecular formula is C19H20N2O3S. The maximum Gasteiger partial charge on any atom is 0.236 e. The van der Waals surface area contributed by atoms with Crippen LogP contribution in [0.15, 0.2) is 46.2 Å². The van der Waals surface area contributed by atoms with Crippen LogP contribution in [0, 0.1) is 6.92 Å². The van der Waals surface area contributed by atoms with Crippen LogP contribution in [-0.4, -0.2) is 36.2 Å². The van der Waals surface area contributed by atoms with E-state index in [0.717, 1.165) is 34.4 Å². The average molecular weight is 356 g/mol. The molecule has 3 heterocycles. The van der Waals surface area contributed by atoms with Gasteiger partial charge in [-0.3, -0.25) is 4.90 Å². The first-order chi connectivity index (χ1) is 12.2. The molecule has 0 spiro atoms. The molecule has 2 aromatic heterocycles. The van der Waals surface area contributed by atoms with Gasteiger partial charge >= 0.3 is 0 Å². The fraction of sp³-hybridized carbons (Fsp3) is 0.316. The largest absolute Gasteiger partial charge is 0.486 e. The molecule has 0 amide bonds. The van der Waals surface area contributed by atoms with E-state index in [2.05, 4.69) is 16.9 Å². The van der Waals surface area contributed by atoms with Crippen molar-refractivity contribution in [2.24, 2.45) is 0 Å². The van der Waals surface area contributed by atoms with E-state index in [1.54, 1.807) is 11.3 Å². The number of fused-ring (bicyclic) bond motifs is 1. The zero-order valence-corrected chi connectivity index (χ0v) is 15.1. The lowest BCUT2D eigenvalue weighted by molar-refractivity contribution is 0.0634. The maximum absolute atomic E-state index is 6.03. The summed E-state index contributed by atoms with van der Waals surface area (Å²) in [4.78, 5) is 7.89. The van der Waals surface area contributed by atoms with E-state index < -0.39 is 0 Å². The van der Waals surface area contributed by atoms with E-state index in [4.69, 9.17) is 13.9 Å². The molecule has 25 heavy (non-hydrogen) atoms. The Morgan fingerprint density at radius 1 is 1.20 bits per heavy atom. The van der Waals surface area contributed by atoms with E-state index in [1.165, 1.54) is 0 Å². The Morgan fingerprint density at radius 2 is 2.04 bits per heavy atom. The first kappa shape index (κ1) is 16.2. The summed E-state index contributed by atoms with van der Waals surface area (Å²) < 4.78 is 17.6. The van der Waals surface area contributed by atoms with Crippen molar-refractivity contribution in [1.29, 1.82) is 0 Å². The first-order valence-electron chi connectivity index (χ1n) is 8.26. The number of rotatable bonds is 5. The third-order valence-corrected chi connectivity index (χ3v) is 4.98. The van der Waals surface area contributed by atoms with Crippen molar-refractivity contribution in [2.75, 3.05) is 20.2 Å². The van der Waals surface area contributed by atoms with Gasteiger partial charge in [-0.1, -0.05) is 18.2 Å². The Bertz CT molecular complexity index is 844. The Hall–Kier alpha value is -2.31. The summed E-state index contributed by atoms with van der Waals surface area (Å²) in [5.41, 5.74) is 0.961. The van der Waals surface area contributed by atoms with Crippen LogP contribution in [0.5, 0.6) is 11.5 Å². The number of likely N-dealkylation sites (N-methyl/N-ethyl adjacent to an activating group) is 1. The minimum absolute atomic E-state index is 0.00359. The Labute approximate surface area is 150 Å². The van der Waals surface area contributed by atoms with Crippen LogP contribution < -0.4 is 9.47 Å². The summed E-state index contributed by atoms with van der Waals surface area (Å²) in [7, 11) is 2.06. The van der Waals surface area contributed by atoms with E-state index in [-0.39, 0.29) is 6.10 Å². The molecule has 5 nitrogen and oxygen atoms in total. The molecule has 0 fully saturated rings. The highest BCUT2D eigenvalue weighted by Crippen LogP contribution is 2.31. The number of ether oxygens (including phenoxy) is 2. The molecule has 1 aromatic carbocycles. The van der Waals surface area contributed by atoms with Crippen LogP contribution in [-0.2, 0) is 6.54 Å². The number of hydrogen-bond acceptors (Lipinski definition) is 6. The SMILES string of the molecule is Cc1oc(-c2cccs2)nc1CN(C)C[C@H]1COc2ccccc2O1. The van der Waals surface area contributed by atoms with Crippen molar-refractivity contribution in [1.82, 2.24) is 9.88 Å². The molecule has 0 unspecified atom stereocenters. The molecule has 1 aliphatic heterocycles. The third kappa shape index (κ3) is 3.55. The van der Waals surface area contributed by atoms with Gasteiger partial charge in [-0.05, 0) is 37.6 Å². The molecule has 0 saturated heterocycles. The van der Waals surface area contributed by atoms with Gasteiger partial charge in [0, 0.05) is 13.1 Å². The average Bonchev–Trinajstić information content (AvgIpc) is 3.25. The van der Waals surface area contributed by atoms with Crippen molar-refractivity contribution in [3.63, 3.8) is 0 Å². The van der Waals surface area contributed by atoms with Crippen LogP contribution >= 0.6 is 11.3 Å². The van der Waals surface area contributed by atoms with Crippen molar-refractivity contribution in [3.8, 4) is 22.3 Å². The van der Waals surface area contributed by atoms with Gasteiger partial charge in [0.25, 0.3) is 0 Å². The Kier molecular flexibility index (Phi) is 4.46. The topological polar surface area (TPSA) is 47.7 Å². The number of benzene rings is 1. The van der Waals surface area contributed by atoms with Crippen LogP contribution in [0.25, 0.3) is 10.8 Å². The minimum Gasteiger partial charge on any atom is -0.486 e. The fourth-order valence-electron chi connectivity index (χ4n) is 2.90. The number of oxazole rings is 1. The van der Waals surface area contributed by atoms with Crippen molar-refractivity contribution < 1.29 is 13.9 Å². The Morgan fingerprint density at radius 3 is 2.84 bits per heavy atom. The van der Waals surface area contributed by atoms with Crippen molar-refractivity contribution in [2.45, 2.75) is 19.6 Å². The first-order valence-corrected chi connectivity index (χ1v) is 9.14. The van der Waals surface area contributed by atoms with Gasteiger partial charge in [0.2, 0.25) is 5.89 Å². The second kappa shape index (κ2) is 6.90. The summed E-state index contributed by atoms with van der Waals surface area (Å²) >= 11 is 1.63. The maximum atomic E-state index is 6.03. The molecule has 1 aliphatic rings. The molecule has 0 saturated carbocycles. The van der Waals surface area contributed by atoms with Gasteiger partial charge in [0.1, 0.15) is 18.5 Å². The number of aromatic nitrogens is 1. The van der Waals surface area contributed by atoms with Crippen LogP contribution in [0.4, 0.5) is 0 Å². The quantitative estimate of drug-likeness (QED) is 0.692. The van der Waals surface area contributed by atoms with Crippen LogP contribution in [0.2, 0.25) is 0 Å². The van der Waals surface area contributed by atoms with E-state index in [9.17, 15) is 0 Å². The lowest BCUT2D eigenvalue weighted by atomic mass is 10.2. The van der Waals surface area contributed by atoms with Gasteiger partial charge in [0.15, 0.2) is 11.5 Å². The zero-order chi connectivity index (χ0) is 17.2. The second-order valence-electron chi connectivity index (χ2n) is 6.19. The van der Waals surface area contributed by atoms with Crippen molar-refractivity contribution >= 4 is 11.3 Å². The summed E-state index contributed by atoms with van der Waals surface area (Å²) in [6.07, 6.45) is 0.00359. The van der Waals surface area contributed by atoms with Gasteiger partial charge in [-0.25, -0.2) is 4.98 Å². The number of aryl methyl sites for hydroxylation is 1. The highest BCUT2D eigenvalue weighted by molar-refractivity contribution is 7.13. The minimum atomic E-state index is 0.00359. The molecule has 130 valence electrons. The normalized spacial score (nSPS) is 16.4. The third-order valence-electron chi connectivity index (χ3n) is 4.13. The van der Waals surface area contributed by atoms with E-state index in [0.29, 0.717) is 19.0 Å². The molecule has 0 N–H and O–H groups in total. The highest BCUT2D eigenvalue weighted by atomic mass is 32.1. The summed E-state index contributed by atoms with van der Waals surface area (Å²) in [5.74, 6) is 3.18.